The van der Waals surface area contributed by atoms with Crippen LogP contribution in [0.1, 0.15) is 21.5 Å². The zero-order chi connectivity index (χ0) is 13.0. The van der Waals surface area contributed by atoms with Crippen LogP contribution in [0.15, 0.2) is 12.1 Å². The SMILES string of the molecule is COC(=O)c1cc(CBr)cc(C#N)c1[N+](=O)[O-]. The third kappa shape index (κ3) is 2.60. The number of rotatable bonds is 3. The van der Waals surface area contributed by atoms with Gasteiger partial charge < -0.3 is 4.74 Å². The zero-order valence-corrected chi connectivity index (χ0v) is 10.4. The van der Waals surface area contributed by atoms with Gasteiger partial charge in [0.15, 0.2) is 0 Å². The smallest absolute Gasteiger partial charge is 0.344 e. The number of nitro benzene ring substituents is 1. The molecule has 0 aromatic heterocycles. The molecule has 0 atom stereocenters. The maximum atomic E-state index is 11.4. The Morgan fingerprint density at radius 1 is 1.65 bits per heavy atom. The van der Waals surface area contributed by atoms with Crippen molar-refractivity contribution in [3.63, 3.8) is 0 Å². The van der Waals surface area contributed by atoms with E-state index in [1.807, 2.05) is 0 Å². The highest BCUT2D eigenvalue weighted by Crippen LogP contribution is 2.26. The van der Waals surface area contributed by atoms with E-state index >= 15 is 0 Å². The molecule has 1 rings (SSSR count). The Kier molecular flexibility index (Phi) is 4.17. The van der Waals surface area contributed by atoms with E-state index in [1.165, 1.54) is 12.1 Å². The summed E-state index contributed by atoms with van der Waals surface area (Å²) in [7, 11) is 1.12. The molecule has 0 saturated carbocycles. The Morgan fingerprint density at radius 2 is 2.29 bits per heavy atom. The second kappa shape index (κ2) is 5.41. The molecule has 0 aliphatic rings. The lowest BCUT2D eigenvalue weighted by Crippen LogP contribution is -2.08. The molecule has 0 aliphatic heterocycles. The normalized spacial score (nSPS) is 9.47. The summed E-state index contributed by atoms with van der Waals surface area (Å²) in [6.45, 7) is 0. The number of carbonyl (C=O) groups excluding carboxylic acids is 1. The number of nitrogens with zero attached hydrogens (tertiary/aromatic N) is 2. The molecule has 17 heavy (non-hydrogen) atoms. The van der Waals surface area contributed by atoms with E-state index in [4.69, 9.17) is 5.26 Å². The number of nitro groups is 1. The number of halogens is 1. The monoisotopic (exact) mass is 298 g/mol. The Hall–Kier alpha value is -1.94. The lowest BCUT2D eigenvalue weighted by Gasteiger charge is -2.04. The van der Waals surface area contributed by atoms with Gasteiger partial charge in [0, 0.05) is 5.33 Å². The van der Waals surface area contributed by atoms with Gasteiger partial charge in [-0.3, -0.25) is 10.1 Å². The van der Waals surface area contributed by atoms with Crippen LogP contribution in [0.4, 0.5) is 5.69 Å². The van der Waals surface area contributed by atoms with Gasteiger partial charge in [0.1, 0.15) is 17.2 Å². The van der Waals surface area contributed by atoms with Crippen LogP contribution in [0, 0.1) is 21.4 Å². The van der Waals surface area contributed by atoms with Gasteiger partial charge in [-0.25, -0.2) is 4.79 Å². The first kappa shape index (κ1) is 13.1. The Labute approximate surface area is 105 Å². The summed E-state index contributed by atoms with van der Waals surface area (Å²) in [6.07, 6.45) is 0. The fourth-order valence-electron chi connectivity index (χ4n) is 1.32. The van der Waals surface area contributed by atoms with E-state index in [0.717, 1.165) is 7.11 Å². The molecule has 0 amide bonds. The van der Waals surface area contributed by atoms with Crippen molar-refractivity contribution in [1.82, 2.24) is 0 Å². The lowest BCUT2D eigenvalue weighted by molar-refractivity contribution is -0.385. The maximum absolute atomic E-state index is 11.4. The highest BCUT2D eigenvalue weighted by molar-refractivity contribution is 9.08. The lowest BCUT2D eigenvalue weighted by atomic mass is 10.0. The fraction of sp³-hybridized carbons (Fsp3) is 0.200. The molecule has 0 fully saturated rings. The van der Waals surface area contributed by atoms with Gasteiger partial charge in [0.2, 0.25) is 0 Å². The van der Waals surface area contributed by atoms with Crippen molar-refractivity contribution >= 4 is 27.6 Å². The van der Waals surface area contributed by atoms with E-state index in [9.17, 15) is 14.9 Å². The topological polar surface area (TPSA) is 93.2 Å². The van der Waals surface area contributed by atoms with Crippen LogP contribution >= 0.6 is 15.9 Å². The van der Waals surface area contributed by atoms with Gasteiger partial charge in [-0.05, 0) is 17.7 Å². The summed E-state index contributed by atoms with van der Waals surface area (Å²) < 4.78 is 4.46. The van der Waals surface area contributed by atoms with Crippen LogP contribution in [0.2, 0.25) is 0 Å². The number of hydrogen-bond acceptors (Lipinski definition) is 5. The van der Waals surface area contributed by atoms with Gasteiger partial charge in [0.05, 0.1) is 12.0 Å². The van der Waals surface area contributed by atoms with E-state index in [2.05, 4.69) is 20.7 Å². The average Bonchev–Trinajstić information content (AvgIpc) is 2.35. The number of alkyl halides is 1. The van der Waals surface area contributed by atoms with Crippen LogP contribution in [0.25, 0.3) is 0 Å². The van der Waals surface area contributed by atoms with Gasteiger partial charge in [-0.15, -0.1) is 0 Å². The van der Waals surface area contributed by atoms with E-state index in [-0.39, 0.29) is 11.1 Å². The van der Waals surface area contributed by atoms with Crippen LogP contribution < -0.4 is 0 Å². The van der Waals surface area contributed by atoms with Crippen LogP contribution in [0.5, 0.6) is 0 Å². The second-order valence-corrected chi connectivity index (χ2v) is 3.59. The highest BCUT2D eigenvalue weighted by Gasteiger charge is 2.26. The first-order chi connectivity index (χ1) is 8.04. The van der Waals surface area contributed by atoms with Crippen molar-refractivity contribution in [2.75, 3.05) is 7.11 Å². The molecule has 0 N–H and O–H groups in total. The number of esters is 1. The Morgan fingerprint density at radius 3 is 2.71 bits per heavy atom. The van der Waals surface area contributed by atoms with Crippen molar-refractivity contribution in [2.45, 2.75) is 5.33 Å². The second-order valence-electron chi connectivity index (χ2n) is 3.03. The Balaban J connectivity index is 3.59. The molecule has 0 unspecified atom stereocenters. The quantitative estimate of drug-likeness (QED) is 0.369. The summed E-state index contributed by atoms with van der Waals surface area (Å²) in [5.41, 5.74) is -0.310. The summed E-state index contributed by atoms with van der Waals surface area (Å²) in [5.74, 6) is -0.837. The summed E-state index contributed by atoms with van der Waals surface area (Å²) >= 11 is 3.16. The van der Waals surface area contributed by atoms with E-state index in [0.29, 0.717) is 10.9 Å². The molecule has 6 nitrogen and oxygen atoms in total. The van der Waals surface area contributed by atoms with Gasteiger partial charge in [-0.2, -0.15) is 5.26 Å². The van der Waals surface area contributed by atoms with Gasteiger partial charge in [-0.1, -0.05) is 15.9 Å². The maximum Gasteiger partial charge on any atom is 0.344 e. The highest BCUT2D eigenvalue weighted by atomic mass is 79.9. The van der Waals surface area contributed by atoms with Crippen molar-refractivity contribution in [1.29, 1.82) is 5.26 Å². The van der Waals surface area contributed by atoms with Gasteiger partial charge in [0.25, 0.3) is 0 Å². The molecule has 0 saturated heterocycles. The third-order valence-electron chi connectivity index (χ3n) is 2.03. The van der Waals surface area contributed by atoms with Crippen molar-refractivity contribution < 1.29 is 14.5 Å². The minimum Gasteiger partial charge on any atom is -0.465 e. The predicted octanol–water partition coefficient (Wildman–Crippen LogP) is 2.15. The fourth-order valence-corrected chi connectivity index (χ4v) is 1.64. The van der Waals surface area contributed by atoms with Crippen LogP contribution in [0.3, 0.4) is 0 Å². The number of methoxy groups -OCH3 is 1. The number of nitriles is 1. The van der Waals surface area contributed by atoms with E-state index < -0.39 is 16.6 Å². The minimum absolute atomic E-state index is 0.160. The predicted molar refractivity (Wildman–Crippen MR) is 61.8 cm³/mol. The molecule has 1 aromatic rings. The standard InChI is InChI=1S/C10H7BrN2O4/c1-17-10(14)8-3-6(4-11)2-7(5-12)9(8)13(15)16/h2-3H,4H2,1H3. The van der Waals surface area contributed by atoms with Crippen LogP contribution in [-0.4, -0.2) is 18.0 Å². The summed E-state index contributed by atoms with van der Waals surface area (Å²) in [6, 6.07) is 4.39. The number of hydrogen-bond donors (Lipinski definition) is 0. The largest absolute Gasteiger partial charge is 0.465 e. The average molecular weight is 299 g/mol. The molecule has 0 aliphatic carbocycles. The molecule has 7 heteroatoms. The van der Waals surface area contributed by atoms with Crippen molar-refractivity contribution in [3.05, 3.63) is 38.9 Å². The first-order valence-electron chi connectivity index (χ1n) is 4.40. The molecule has 0 spiro atoms. The minimum atomic E-state index is -0.837. The number of ether oxygens (including phenoxy) is 1. The molecular formula is C10H7BrN2O4. The van der Waals surface area contributed by atoms with Gasteiger partial charge >= 0.3 is 11.7 Å². The summed E-state index contributed by atoms with van der Waals surface area (Å²) in [5, 5.41) is 20.1. The molecule has 0 radical (unpaired) electrons. The molecule has 0 bridgehead atoms. The van der Waals surface area contributed by atoms with Crippen LogP contribution in [-0.2, 0) is 10.1 Å². The first-order valence-corrected chi connectivity index (χ1v) is 5.53. The molecule has 0 heterocycles. The number of benzene rings is 1. The number of carbonyl (C=O) groups is 1. The van der Waals surface area contributed by atoms with Crippen molar-refractivity contribution in [3.8, 4) is 6.07 Å². The Bertz CT molecular complexity index is 522. The molecular weight excluding hydrogens is 292 g/mol. The molecule has 88 valence electrons. The molecule has 1 aromatic carbocycles. The third-order valence-corrected chi connectivity index (χ3v) is 2.68. The van der Waals surface area contributed by atoms with E-state index in [1.54, 1.807) is 6.07 Å². The summed E-state index contributed by atoms with van der Waals surface area (Å²) in [4.78, 5) is 21.5. The van der Waals surface area contributed by atoms with Crippen molar-refractivity contribution in [2.24, 2.45) is 0 Å². The zero-order valence-electron chi connectivity index (χ0n) is 8.77.